The van der Waals surface area contributed by atoms with Gasteiger partial charge in [0.2, 0.25) is 5.89 Å². The first-order valence-electron chi connectivity index (χ1n) is 10.4. The van der Waals surface area contributed by atoms with Crippen molar-refractivity contribution in [3.05, 3.63) is 47.3 Å². The molecule has 172 valence electrons. The first-order chi connectivity index (χ1) is 14.9. The monoisotopic (exact) mass is 459 g/mol. The van der Waals surface area contributed by atoms with Gasteiger partial charge >= 0.3 is 5.97 Å². The van der Waals surface area contributed by atoms with Crippen molar-refractivity contribution in [3.8, 4) is 0 Å². The molecule has 2 atom stereocenters. The van der Waals surface area contributed by atoms with Crippen molar-refractivity contribution in [1.82, 2.24) is 25.3 Å². The molecule has 3 aromatic heterocycles. The normalized spacial score (nSPS) is 14.2. The van der Waals surface area contributed by atoms with Gasteiger partial charge < -0.3 is 13.8 Å². The maximum absolute atomic E-state index is 12.9. The van der Waals surface area contributed by atoms with Gasteiger partial charge in [-0.3, -0.25) is 0 Å². The summed E-state index contributed by atoms with van der Waals surface area (Å²) in [7, 11) is 0. The third kappa shape index (κ3) is 5.53. The molecule has 0 aliphatic carbocycles. The second-order valence-electron chi connectivity index (χ2n) is 9.58. The number of aromatic nitrogens is 5. The number of carbonyl (C=O) groups is 1. The summed E-state index contributed by atoms with van der Waals surface area (Å²) in [5.74, 6) is 1.37. The summed E-state index contributed by atoms with van der Waals surface area (Å²) in [5.41, 5.74) is -0.150. The molecule has 0 saturated heterocycles. The average Bonchev–Trinajstić information content (AvgIpc) is 3.37. The van der Waals surface area contributed by atoms with Crippen molar-refractivity contribution < 1.29 is 18.6 Å². The van der Waals surface area contributed by atoms with Gasteiger partial charge in [-0.2, -0.15) is 9.97 Å². The van der Waals surface area contributed by atoms with E-state index in [1.54, 1.807) is 25.3 Å². The summed E-state index contributed by atoms with van der Waals surface area (Å²) < 4.78 is 16.3. The maximum atomic E-state index is 12.9. The molecule has 0 saturated carbocycles. The predicted molar refractivity (Wildman–Crippen MR) is 118 cm³/mol. The molecule has 0 radical (unpaired) electrons. The molecule has 3 heterocycles. The lowest BCUT2D eigenvalue weighted by atomic mass is 9.96. The van der Waals surface area contributed by atoms with E-state index < -0.39 is 12.1 Å². The molecular formula is C22H29N5O4S. The molecule has 9 nitrogen and oxygen atoms in total. The number of thioether (sulfide) groups is 1. The van der Waals surface area contributed by atoms with E-state index in [1.165, 1.54) is 11.8 Å². The van der Waals surface area contributed by atoms with Gasteiger partial charge in [0.15, 0.2) is 17.8 Å². The van der Waals surface area contributed by atoms with E-state index in [9.17, 15) is 4.79 Å². The van der Waals surface area contributed by atoms with Crippen molar-refractivity contribution in [2.24, 2.45) is 0 Å². The summed E-state index contributed by atoms with van der Waals surface area (Å²) in [5, 5.41) is 8.35. The van der Waals surface area contributed by atoms with Gasteiger partial charge in [0.25, 0.3) is 5.89 Å². The summed E-state index contributed by atoms with van der Waals surface area (Å²) in [4.78, 5) is 26.1. The predicted octanol–water partition coefficient (Wildman–Crippen LogP) is 5.21. The van der Waals surface area contributed by atoms with Crippen molar-refractivity contribution in [1.29, 1.82) is 0 Å². The minimum absolute atomic E-state index is 0.206. The zero-order valence-electron chi connectivity index (χ0n) is 19.7. The topological polar surface area (TPSA) is 117 Å². The number of hydrogen-bond donors (Lipinski definition) is 0. The Labute approximate surface area is 191 Å². The zero-order chi connectivity index (χ0) is 23.7. The summed E-state index contributed by atoms with van der Waals surface area (Å²) in [6.45, 7) is 15.6. The van der Waals surface area contributed by atoms with Crippen LogP contribution in [0.15, 0.2) is 32.4 Å². The summed E-state index contributed by atoms with van der Waals surface area (Å²) >= 11 is 1.35. The molecule has 0 unspecified atom stereocenters. The van der Waals surface area contributed by atoms with Gasteiger partial charge in [0.1, 0.15) is 5.03 Å². The fraction of sp³-hybridized carbons (Fsp3) is 0.545. The highest BCUT2D eigenvalue weighted by atomic mass is 32.2. The number of carbonyl (C=O) groups excluding carboxylic acids is 1. The standard InChI is InChI=1S/C22H29N5O4S/c1-12(15-24-19(26-30-15)21(3,4)5)29-18(28)14-10-9-11-23-17(14)32-13(2)16-25-20(27-31-16)22(6,7)8/h9-13H,1-8H3/t12-,13+/m0/s1. The van der Waals surface area contributed by atoms with Crippen LogP contribution in [0.1, 0.15) is 101 Å². The summed E-state index contributed by atoms with van der Waals surface area (Å²) in [6, 6.07) is 3.35. The van der Waals surface area contributed by atoms with Gasteiger partial charge in [-0.25, -0.2) is 9.78 Å². The van der Waals surface area contributed by atoms with Crippen LogP contribution < -0.4 is 0 Å². The van der Waals surface area contributed by atoms with Crippen LogP contribution in [0, 0.1) is 0 Å². The number of esters is 1. The molecule has 0 aromatic carbocycles. The van der Waals surface area contributed by atoms with Gasteiger partial charge in [-0.1, -0.05) is 63.6 Å². The first-order valence-corrected chi connectivity index (χ1v) is 11.2. The lowest BCUT2D eigenvalue weighted by molar-refractivity contribution is 0.0260. The molecule has 0 amide bonds. The van der Waals surface area contributed by atoms with E-state index in [1.807, 2.05) is 48.5 Å². The Kier molecular flexibility index (Phi) is 6.73. The Hall–Kier alpha value is -2.75. The van der Waals surface area contributed by atoms with Crippen molar-refractivity contribution in [2.75, 3.05) is 0 Å². The van der Waals surface area contributed by atoms with Crippen LogP contribution in [-0.4, -0.2) is 31.2 Å². The van der Waals surface area contributed by atoms with Crippen LogP contribution in [0.25, 0.3) is 0 Å². The first kappa shape index (κ1) is 23.9. The van der Waals surface area contributed by atoms with E-state index in [4.69, 9.17) is 13.8 Å². The number of nitrogens with zero attached hydrogens (tertiary/aromatic N) is 5. The quantitative estimate of drug-likeness (QED) is 0.359. The average molecular weight is 460 g/mol. The molecule has 0 aliphatic heterocycles. The summed E-state index contributed by atoms with van der Waals surface area (Å²) in [6.07, 6.45) is 0.920. The van der Waals surface area contributed by atoms with Crippen LogP contribution in [0.2, 0.25) is 0 Å². The van der Waals surface area contributed by atoms with Crippen molar-refractivity contribution in [3.63, 3.8) is 0 Å². The van der Waals surface area contributed by atoms with Gasteiger partial charge in [-0.15, -0.1) is 0 Å². The highest BCUT2D eigenvalue weighted by Crippen LogP contribution is 2.36. The van der Waals surface area contributed by atoms with Crippen LogP contribution in [-0.2, 0) is 15.6 Å². The van der Waals surface area contributed by atoms with Crippen molar-refractivity contribution >= 4 is 17.7 Å². The van der Waals surface area contributed by atoms with Gasteiger partial charge in [-0.05, 0) is 26.0 Å². The SMILES string of the molecule is C[C@H](OC(=O)c1cccnc1S[C@H](C)c1nc(C(C)(C)C)no1)c1nc(C(C)(C)C)no1. The fourth-order valence-electron chi connectivity index (χ4n) is 2.54. The molecule has 3 rings (SSSR count). The minimum atomic E-state index is -0.702. The lowest BCUT2D eigenvalue weighted by Crippen LogP contribution is -2.14. The molecule has 10 heteroatoms. The zero-order valence-corrected chi connectivity index (χ0v) is 20.5. The maximum Gasteiger partial charge on any atom is 0.341 e. The number of pyridine rings is 1. The molecule has 0 aliphatic rings. The van der Waals surface area contributed by atoms with E-state index in [2.05, 4.69) is 25.3 Å². The Morgan fingerprint density at radius 2 is 1.53 bits per heavy atom. The number of rotatable bonds is 6. The Bertz CT molecular complexity index is 1080. The van der Waals surface area contributed by atoms with Crippen LogP contribution in [0.5, 0.6) is 0 Å². The molecule has 0 N–H and O–H groups in total. The molecular weight excluding hydrogens is 430 g/mol. The van der Waals surface area contributed by atoms with E-state index in [-0.39, 0.29) is 22.0 Å². The second kappa shape index (κ2) is 9.01. The fourth-order valence-corrected chi connectivity index (χ4v) is 3.47. The van der Waals surface area contributed by atoms with Crippen LogP contribution in [0.4, 0.5) is 0 Å². The lowest BCUT2D eigenvalue weighted by Gasteiger charge is -2.13. The van der Waals surface area contributed by atoms with Crippen LogP contribution >= 0.6 is 11.8 Å². The molecule has 0 spiro atoms. The van der Waals surface area contributed by atoms with Gasteiger partial charge in [0, 0.05) is 17.0 Å². The molecule has 0 bridgehead atoms. The number of ether oxygens (including phenoxy) is 1. The Morgan fingerprint density at radius 1 is 0.969 bits per heavy atom. The number of hydrogen-bond acceptors (Lipinski definition) is 10. The third-order valence-corrected chi connectivity index (χ3v) is 5.59. The molecule has 32 heavy (non-hydrogen) atoms. The van der Waals surface area contributed by atoms with E-state index >= 15 is 0 Å². The van der Waals surface area contributed by atoms with Crippen LogP contribution in [0.3, 0.4) is 0 Å². The van der Waals surface area contributed by atoms with Crippen molar-refractivity contribution in [2.45, 2.75) is 82.6 Å². The highest BCUT2D eigenvalue weighted by Gasteiger charge is 2.28. The Morgan fingerprint density at radius 3 is 2.09 bits per heavy atom. The molecule has 3 aromatic rings. The minimum Gasteiger partial charge on any atom is -0.449 e. The third-order valence-electron chi connectivity index (χ3n) is 4.48. The molecule has 0 fully saturated rings. The van der Waals surface area contributed by atoms with E-state index in [0.717, 1.165) is 0 Å². The Balaban J connectivity index is 1.73. The van der Waals surface area contributed by atoms with E-state index in [0.29, 0.717) is 28.1 Å². The smallest absolute Gasteiger partial charge is 0.341 e. The highest BCUT2D eigenvalue weighted by molar-refractivity contribution is 7.99. The largest absolute Gasteiger partial charge is 0.449 e. The van der Waals surface area contributed by atoms with Gasteiger partial charge in [0.05, 0.1) is 10.8 Å². The second-order valence-corrected chi connectivity index (χ2v) is 10.9.